The van der Waals surface area contributed by atoms with Gasteiger partial charge >= 0.3 is 0 Å². The summed E-state index contributed by atoms with van der Waals surface area (Å²) in [5.74, 6) is 0.0387. The second-order valence-corrected chi connectivity index (χ2v) is 7.17. The summed E-state index contributed by atoms with van der Waals surface area (Å²) in [6.45, 7) is 1.55. The largest absolute Gasteiger partial charge is 0.295 e. The zero-order valence-corrected chi connectivity index (χ0v) is 15.2. The first-order chi connectivity index (χ1) is 13.0. The molecule has 0 bridgehead atoms. The molecule has 0 aliphatic rings. The van der Waals surface area contributed by atoms with Gasteiger partial charge in [-0.2, -0.15) is 0 Å². The molecule has 0 radical (unpaired) electrons. The van der Waals surface area contributed by atoms with Gasteiger partial charge in [0.1, 0.15) is 0 Å². The summed E-state index contributed by atoms with van der Waals surface area (Å²) in [6.07, 6.45) is 1.64. The molecule has 0 aliphatic carbocycles. The quantitative estimate of drug-likeness (QED) is 0.259. The number of Topliss-reactive ketones (excluding diaryl/α,β-unsaturated/α-hetero) is 1. The Labute approximate surface area is 159 Å². The van der Waals surface area contributed by atoms with E-state index in [0.717, 1.165) is 20.9 Å². The number of ketones is 1. The Morgan fingerprint density at radius 2 is 1.74 bits per heavy atom. The molecule has 0 amide bonds. The van der Waals surface area contributed by atoms with Crippen LogP contribution < -0.4 is 0 Å². The number of nitrogens with zero attached hydrogens (tertiary/aromatic N) is 2. The molecule has 132 valence electrons. The lowest BCUT2D eigenvalue weighted by atomic mass is 10.1. The Kier molecular flexibility index (Phi) is 4.25. The predicted octanol–water partition coefficient (Wildman–Crippen LogP) is 5.74. The Balaban J connectivity index is 1.79. The van der Waals surface area contributed by atoms with Crippen molar-refractivity contribution in [1.29, 1.82) is 0 Å². The SMILES string of the molecule is CC(=O)c1ccc(-c2ccc(-c3ccc([N+](=O)[O-])c4cccnc34)s2)cc1. The van der Waals surface area contributed by atoms with Gasteiger partial charge in [0.2, 0.25) is 0 Å². The maximum Gasteiger partial charge on any atom is 0.278 e. The van der Waals surface area contributed by atoms with E-state index in [2.05, 4.69) is 4.98 Å². The number of benzene rings is 2. The number of nitro groups is 1. The first-order valence-corrected chi connectivity index (χ1v) is 9.10. The molecule has 0 fully saturated rings. The number of carbonyl (C=O) groups is 1. The van der Waals surface area contributed by atoms with Crippen molar-refractivity contribution in [3.63, 3.8) is 0 Å². The van der Waals surface area contributed by atoms with E-state index in [1.54, 1.807) is 42.7 Å². The summed E-state index contributed by atoms with van der Waals surface area (Å²) < 4.78 is 0. The maximum absolute atomic E-state index is 11.4. The van der Waals surface area contributed by atoms with Crippen LogP contribution in [0.4, 0.5) is 5.69 Å². The van der Waals surface area contributed by atoms with Crippen molar-refractivity contribution in [2.75, 3.05) is 0 Å². The zero-order chi connectivity index (χ0) is 19.0. The van der Waals surface area contributed by atoms with Crippen LogP contribution in [0.3, 0.4) is 0 Å². The lowest BCUT2D eigenvalue weighted by molar-refractivity contribution is -0.383. The fraction of sp³-hybridized carbons (Fsp3) is 0.0476. The van der Waals surface area contributed by atoms with Crippen molar-refractivity contribution in [2.24, 2.45) is 0 Å². The van der Waals surface area contributed by atoms with Gasteiger partial charge in [-0.3, -0.25) is 19.9 Å². The second kappa shape index (κ2) is 6.74. The number of hydrogen-bond acceptors (Lipinski definition) is 5. The Bertz CT molecular complexity index is 1180. The summed E-state index contributed by atoms with van der Waals surface area (Å²) in [4.78, 5) is 28.8. The molecule has 4 rings (SSSR count). The van der Waals surface area contributed by atoms with E-state index < -0.39 is 0 Å². The molecule has 0 unspecified atom stereocenters. The standard InChI is InChI=1S/C21H14N2O3S/c1-13(24)14-4-6-15(7-5-14)19-10-11-20(27-19)17-8-9-18(23(25)26)16-3-2-12-22-21(16)17/h2-12H,1H3. The molecular weight excluding hydrogens is 360 g/mol. The number of pyridine rings is 1. The zero-order valence-electron chi connectivity index (χ0n) is 14.4. The molecule has 2 aromatic carbocycles. The highest BCUT2D eigenvalue weighted by atomic mass is 32.1. The number of rotatable bonds is 4. The number of nitro benzene ring substituents is 1. The van der Waals surface area contributed by atoms with E-state index in [-0.39, 0.29) is 16.4 Å². The maximum atomic E-state index is 11.4. The van der Waals surface area contributed by atoms with E-state index in [9.17, 15) is 14.9 Å². The van der Waals surface area contributed by atoms with E-state index >= 15 is 0 Å². The minimum absolute atomic E-state index is 0.0387. The fourth-order valence-electron chi connectivity index (χ4n) is 3.02. The summed E-state index contributed by atoms with van der Waals surface area (Å²) in [7, 11) is 0. The summed E-state index contributed by atoms with van der Waals surface area (Å²) in [5.41, 5.74) is 3.25. The van der Waals surface area contributed by atoms with Gasteiger partial charge in [-0.25, -0.2) is 0 Å². The van der Waals surface area contributed by atoms with Crippen LogP contribution >= 0.6 is 11.3 Å². The van der Waals surface area contributed by atoms with Crippen molar-refractivity contribution < 1.29 is 9.72 Å². The average molecular weight is 374 g/mol. The predicted molar refractivity (Wildman–Crippen MR) is 107 cm³/mol. The summed E-state index contributed by atoms with van der Waals surface area (Å²) >= 11 is 1.59. The first-order valence-electron chi connectivity index (χ1n) is 8.28. The highest BCUT2D eigenvalue weighted by Crippen LogP contribution is 2.39. The molecule has 6 heteroatoms. The third-order valence-electron chi connectivity index (χ3n) is 4.39. The van der Waals surface area contributed by atoms with Crippen LogP contribution in [0.5, 0.6) is 0 Å². The van der Waals surface area contributed by atoms with Crippen LogP contribution in [0.2, 0.25) is 0 Å². The first kappa shape index (κ1) is 17.1. The van der Waals surface area contributed by atoms with Crippen molar-refractivity contribution in [3.8, 4) is 20.9 Å². The molecule has 5 nitrogen and oxygen atoms in total. The molecule has 0 N–H and O–H groups in total. The summed E-state index contributed by atoms with van der Waals surface area (Å²) in [5, 5.41) is 11.8. The minimum Gasteiger partial charge on any atom is -0.295 e. The Morgan fingerprint density at radius 3 is 2.44 bits per heavy atom. The molecule has 2 heterocycles. The number of hydrogen-bond donors (Lipinski definition) is 0. The van der Waals surface area contributed by atoms with E-state index in [1.807, 2.05) is 36.4 Å². The Hall–Kier alpha value is -3.38. The van der Waals surface area contributed by atoms with Gasteiger partial charge in [-0.15, -0.1) is 11.3 Å². The minimum atomic E-state index is -0.385. The molecule has 4 aromatic rings. The van der Waals surface area contributed by atoms with Crippen molar-refractivity contribution in [2.45, 2.75) is 6.92 Å². The molecule has 0 atom stereocenters. The third kappa shape index (κ3) is 3.11. The topological polar surface area (TPSA) is 73.1 Å². The van der Waals surface area contributed by atoms with Crippen molar-refractivity contribution in [3.05, 3.63) is 82.5 Å². The summed E-state index contributed by atoms with van der Waals surface area (Å²) in [6, 6.07) is 18.2. The number of carbonyl (C=O) groups excluding carboxylic acids is 1. The second-order valence-electron chi connectivity index (χ2n) is 6.09. The lowest BCUT2D eigenvalue weighted by Gasteiger charge is -2.04. The van der Waals surface area contributed by atoms with Gasteiger partial charge in [0.05, 0.1) is 15.8 Å². The van der Waals surface area contributed by atoms with Gasteiger partial charge in [0, 0.05) is 33.1 Å². The molecule has 0 saturated carbocycles. The molecule has 0 spiro atoms. The van der Waals surface area contributed by atoms with Gasteiger partial charge in [0.15, 0.2) is 5.78 Å². The van der Waals surface area contributed by atoms with Crippen LogP contribution in [-0.4, -0.2) is 15.7 Å². The van der Waals surface area contributed by atoms with Gasteiger partial charge in [0.25, 0.3) is 5.69 Å². The van der Waals surface area contributed by atoms with E-state index in [1.165, 1.54) is 6.07 Å². The van der Waals surface area contributed by atoms with Crippen LogP contribution in [0.25, 0.3) is 31.8 Å². The number of non-ortho nitro benzene ring substituents is 1. The van der Waals surface area contributed by atoms with E-state index in [4.69, 9.17) is 0 Å². The number of aromatic nitrogens is 1. The van der Waals surface area contributed by atoms with Gasteiger partial charge < -0.3 is 0 Å². The molecular formula is C21H14N2O3S. The van der Waals surface area contributed by atoms with Gasteiger partial charge in [-0.05, 0) is 42.8 Å². The van der Waals surface area contributed by atoms with Crippen LogP contribution in [-0.2, 0) is 0 Å². The highest BCUT2D eigenvalue weighted by Gasteiger charge is 2.17. The van der Waals surface area contributed by atoms with Crippen molar-refractivity contribution in [1.82, 2.24) is 4.98 Å². The highest BCUT2D eigenvalue weighted by molar-refractivity contribution is 7.18. The third-order valence-corrected chi connectivity index (χ3v) is 5.56. The monoisotopic (exact) mass is 374 g/mol. The average Bonchev–Trinajstić information content (AvgIpc) is 3.17. The Morgan fingerprint density at radius 1 is 1.00 bits per heavy atom. The lowest BCUT2D eigenvalue weighted by Crippen LogP contribution is -1.91. The smallest absolute Gasteiger partial charge is 0.278 e. The normalized spacial score (nSPS) is 10.9. The molecule has 0 saturated heterocycles. The van der Waals surface area contributed by atoms with Gasteiger partial charge in [-0.1, -0.05) is 24.3 Å². The fourth-order valence-corrected chi connectivity index (χ4v) is 4.06. The van der Waals surface area contributed by atoms with E-state index in [0.29, 0.717) is 16.5 Å². The van der Waals surface area contributed by atoms with Crippen LogP contribution in [0, 0.1) is 10.1 Å². The molecule has 0 aliphatic heterocycles. The number of fused-ring (bicyclic) bond motifs is 1. The van der Waals surface area contributed by atoms with Crippen LogP contribution in [0.15, 0.2) is 66.9 Å². The number of thiophene rings is 1. The molecule has 27 heavy (non-hydrogen) atoms. The van der Waals surface area contributed by atoms with Crippen LogP contribution in [0.1, 0.15) is 17.3 Å². The van der Waals surface area contributed by atoms with Crippen molar-refractivity contribution >= 4 is 33.7 Å². The molecule has 2 aromatic heterocycles.